The number of thioether (sulfide) groups is 1. The maximum atomic E-state index is 11.6. The molecule has 1 aliphatic rings. The molecule has 0 saturated carbocycles. The number of aromatic nitrogens is 4. The summed E-state index contributed by atoms with van der Waals surface area (Å²) in [6, 6.07) is 0. The molecule has 1 N–H and O–H groups in total. The highest BCUT2D eigenvalue weighted by molar-refractivity contribution is 7.99. The van der Waals surface area contributed by atoms with E-state index in [0.29, 0.717) is 26.3 Å². The molecule has 9 nitrogen and oxygen atoms in total. The lowest BCUT2D eigenvalue weighted by Gasteiger charge is -2.28. The van der Waals surface area contributed by atoms with Crippen molar-refractivity contribution in [3.05, 3.63) is 6.20 Å². The second kappa shape index (κ2) is 9.86. The molecular weight excluding hydrogens is 368 g/mol. The number of carbonyl (C=O) groups is 1. The van der Waals surface area contributed by atoms with Gasteiger partial charge in [0.2, 0.25) is 5.91 Å². The fourth-order valence-corrected chi connectivity index (χ4v) is 3.53. The lowest BCUT2D eigenvalue weighted by Crippen LogP contribution is -2.37. The molecule has 2 aromatic heterocycles. The van der Waals surface area contributed by atoms with Crippen molar-refractivity contribution in [3.63, 3.8) is 0 Å². The van der Waals surface area contributed by atoms with Crippen molar-refractivity contribution < 1.29 is 14.3 Å². The number of methoxy groups -OCH3 is 1. The molecule has 0 spiro atoms. The predicted molar refractivity (Wildman–Crippen MR) is 104 cm³/mol. The van der Waals surface area contributed by atoms with E-state index in [1.54, 1.807) is 11.8 Å². The van der Waals surface area contributed by atoms with Gasteiger partial charge in [0.15, 0.2) is 10.8 Å². The molecule has 1 amide bonds. The van der Waals surface area contributed by atoms with Gasteiger partial charge < -0.3 is 19.7 Å². The molecule has 1 aliphatic heterocycles. The zero-order valence-corrected chi connectivity index (χ0v) is 16.6. The Kier molecular flexibility index (Phi) is 7.25. The lowest BCUT2D eigenvalue weighted by atomic mass is 10.3. The summed E-state index contributed by atoms with van der Waals surface area (Å²) in [5, 5.41) is 8.98. The summed E-state index contributed by atoms with van der Waals surface area (Å²) in [6.45, 7) is 6.21. The highest BCUT2D eigenvalue weighted by Crippen LogP contribution is 2.28. The van der Waals surface area contributed by atoms with Crippen LogP contribution in [-0.2, 0) is 20.8 Å². The van der Waals surface area contributed by atoms with E-state index in [4.69, 9.17) is 19.4 Å². The number of hydrogen-bond acceptors (Lipinski definition) is 8. The number of nitrogens with zero attached hydrogens (tertiary/aromatic N) is 5. The Bertz CT molecular complexity index is 762. The summed E-state index contributed by atoms with van der Waals surface area (Å²) >= 11 is 1.65. The molecule has 2 aromatic rings. The highest BCUT2D eigenvalue weighted by Gasteiger charge is 2.20. The number of rotatable bonds is 9. The standard InChI is InChI=1S/C17H26N6O3S/c1-3-10-27-17-20-15(22-6-8-26-9-7-22)13-11-19-23(16(13)21-17)5-4-18-14(24)12-25-2/h11H,3-10,12H2,1-2H3,(H,18,24). The fourth-order valence-electron chi connectivity index (χ4n) is 2.84. The largest absolute Gasteiger partial charge is 0.378 e. The van der Waals surface area contributed by atoms with Gasteiger partial charge in [0, 0.05) is 32.5 Å². The third-order valence-electron chi connectivity index (χ3n) is 4.12. The Morgan fingerprint density at radius 1 is 1.37 bits per heavy atom. The van der Waals surface area contributed by atoms with E-state index in [9.17, 15) is 4.79 Å². The van der Waals surface area contributed by atoms with Gasteiger partial charge in [-0.3, -0.25) is 4.79 Å². The Morgan fingerprint density at radius 2 is 2.19 bits per heavy atom. The van der Waals surface area contributed by atoms with Crippen LogP contribution < -0.4 is 10.2 Å². The molecule has 0 radical (unpaired) electrons. The first-order valence-electron chi connectivity index (χ1n) is 9.17. The molecule has 27 heavy (non-hydrogen) atoms. The monoisotopic (exact) mass is 394 g/mol. The van der Waals surface area contributed by atoms with Gasteiger partial charge in [-0.1, -0.05) is 18.7 Å². The number of fused-ring (bicyclic) bond motifs is 1. The number of carbonyl (C=O) groups excluding carboxylic acids is 1. The van der Waals surface area contributed by atoms with Crippen LogP contribution in [0.2, 0.25) is 0 Å². The smallest absolute Gasteiger partial charge is 0.246 e. The van der Waals surface area contributed by atoms with Crippen molar-refractivity contribution in [1.82, 2.24) is 25.1 Å². The molecule has 0 atom stereocenters. The van der Waals surface area contributed by atoms with Crippen molar-refractivity contribution >= 4 is 34.5 Å². The summed E-state index contributed by atoms with van der Waals surface area (Å²) in [7, 11) is 1.50. The zero-order valence-electron chi connectivity index (χ0n) is 15.8. The van der Waals surface area contributed by atoms with Gasteiger partial charge in [0.05, 0.1) is 31.3 Å². The van der Waals surface area contributed by atoms with Gasteiger partial charge in [-0.05, 0) is 6.42 Å². The van der Waals surface area contributed by atoms with E-state index in [0.717, 1.165) is 47.3 Å². The van der Waals surface area contributed by atoms with Gasteiger partial charge in [-0.2, -0.15) is 5.10 Å². The maximum absolute atomic E-state index is 11.6. The fraction of sp³-hybridized carbons (Fsp3) is 0.647. The van der Waals surface area contributed by atoms with E-state index < -0.39 is 0 Å². The Balaban J connectivity index is 1.83. The number of amides is 1. The molecule has 0 unspecified atom stereocenters. The molecule has 148 valence electrons. The Hall–Kier alpha value is -1.91. The SMILES string of the molecule is CCCSc1nc(N2CCOCC2)c2cnn(CCNC(=O)COC)c2n1. The molecule has 3 rings (SSSR count). The van der Waals surface area contributed by atoms with Crippen LogP contribution in [0.25, 0.3) is 11.0 Å². The zero-order chi connectivity index (χ0) is 19.1. The Labute approximate surface area is 162 Å². The highest BCUT2D eigenvalue weighted by atomic mass is 32.2. The predicted octanol–water partition coefficient (Wildman–Crippen LogP) is 0.928. The average molecular weight is 395 g/mol. The van der Waals surface area contributed by atoms with E-state index in [-0.39, 0.29) is 12.5 Å². The number of ether oxygens (including phenoxy) is 2. The van der Waals surface area contributed by atoms with Gasteiger partial charge in [-0.15, -0.1) is 0 Å². The summed E-state index contributed by atoms with van der Waals surface area (Å²) < 4.78 is 12.1. The summed E-state index contributed by atoms with van der Waals surface area (Å²) in [6.07, 6.45) is 2.87. The first kappa shape index (κ1) is 19.8. The number of morpholine rings is 1. The minimum atomic E-state index is -0.142. The normalized spacial score (nSPS) is 14.7. The van der Waals surface area contributed by atoms with Crippen molar-refractivity contribution in [3.8, 4) is 0 Å². The maximum Gasteiger partial charge on any atom is 0.246 e. The molecule has 1 saturated heterocycles. The Morgan fingerprint density at radius 3 is 2.93 bits per heavy atom. The van der Waals surface area contributed by atoms with E-state index >= 15 is 0 Å². The van der Waals surface area contributed by atoms with E-state index in [1.165, 1.54) is 7.11 Å². The minimum Gasteiger partial charge on any atom is -0.378 e. The lowest BCUT2D eigenvalue weighted by molar-refractivity contribution is -0.124. The number of hydrogen-bond donors (Lipinski definition) is 1. The molecule has 0 aliphatic carbocycles. The first-order chi connectivity index (χ1) is 13.2. The summed E-state index contributed by atoms with van der Waals surface area (Å²) in [5.41, 5.74) is 0.797. The van der Waals surface area contributed by atoms with Crippen LogP contribution in [-0.4, -0.2) is 78.0 Å². The molecule has 1 fully saturated rings. The van der Waals surface area contributed by atoms with Crippen molar-refractivity contribution in [1.29, 1.82) is 0 Å². The third kappa shape index (κ3) is 5.08. The summed E-state index contributed by atoms with van der Waals surface area (Å²) in [4.78, 5) is 23.3. The van der Waals surface area contributed by atoms with Gasteiger partial charge >= 0.3 is 0 Å². The minimum absolute atomic E-state index is 0.0566. The molecule has 10 heteroatoms. The third-order valence-corrected chi connectivity index (χ3v) is 5.18. The van der Waals surface area contributed by atoms with Crippen LogP contribution in [0.1, 0.15) is 13.3 Å². The first-order valence-corrected chi connectivity index (χ1v) is 10.2. The van der Waals surface area contributed by atoms with Crippen molar-refractivity contribution in [2.45, 2.75) is 25.0 Å². The number of anilines is 1. The van der Waals surface area contributed by atoms with E-state index in [1.807, 2.05) is 10.9 Å². The van der Waals surface area contributed by atoms with Gasteiger partial charge in [0.25, 0.3) is 0 Å². The van der Waals surface area contributed by atoms with Crippen LogP contribution >= 0.6 is 11.8 Å². The average Bonchev–Trinajstić information content (AvgIpc) is 3.09. The second-order valence-corrected chi connectivity index (χ2v) is 7.23. The topological polar surface area (TPSA) is 94.4 Å². The van der Waals surface area contributed by atoms with Crippen molar-refractivity contribution in [2.24, 2.45) is 0 Å². The number of nitrogens with one attached hydrogen (secondary N) is 1. The quantitative estimate of drug-likeness (QED) is 0.496. The van der Waals surface area contributed by atoms with Crippen LogP contribution in [0.15, 0.2) is 11.4 Å². The summed E-state index contributed by atoms with van der Waals surface area (Å²) in [5.74, 6) is 1.74. The second-order valence-electron chi connectivity index (χ2n) is 6.17. The van der Waals surface area contributed by atoms with E-state index in [2.05, 4.69) is 22.2 Å². The molecular formula is C17H26N6O3S. The van der Waals surface area contributed by atoms with Crippen molar-refractivity contribution in [2.75, 3.05) is 57.2 Å². The molecule has 3 heterocycles. The van der Waals surface area contributed by atoms with Crippen LogP contribution in [0, 0.1) is 0 Å². The van der Waals surface area contributed by atoms with Crippen LogP contribution in [0.3, 0.4) is 0 Å². The van der Waals surface area contributed by atoms with Crippen LogP contribution in [0.4, 0.5) is 5.82 Å². The van der Waals surface area contributed by atoms with Gasteiger partial charge in [0.1, 0.15) is 12.4 Å². The van der Waals surface area contributed by atoms with Crippen LogP contribution in [0.5, 0.6) is 0 Å². The molecule has 0 bridgehead atoms. The molecule has 0 aromatic carbocycles. The van der Waals surface area contributed by atoms with Gasteiger partial charge in [-0.25, -0.2) is 14.6 Å².